The Kier molecular flexibility index (Phi) is 13.9. The molecule has 1 unspecified atom stereocenters. The largest absolute Gasteiger partial charge is 0.759 e. The normalized spacial score (nSPS) is 22.8. The van der Waals surface area contributed by atoms with Crippen LogP contribution in [0.1, 0.15) is 12.6 Å². The summed E-state index contributed by atoms with van der Waals surface area (Å²) in [5, 5.41) is 30.0. The minimum absolute atomic E-state index is 0.215. The van der Waals surface area contributed by atoms with Gasteiger partial charge < -0.3 is 40.6 Å². The van der Waals surface area contributed by atoms with Gasteiger partial charge in [0.05, 0.1) is 18.3 Å². The van der Waals surface area contributed by atoms with E-state index in [9.17, 15) is 23.4 Å². The van der Waals surface area contributed by atoms with Crippen molar-refractivity contribution in [1.29, 1.82) is 0 Å². The number of anilines is 1. The molecule has 0 radical (unpaired) electrons. The Morgan fingerprint density at radius 2 is 1.82 bits per heavy atom. The van der Waals surface area contributed by atoms with Crippen molar-refractivity contribution in [2.75, 3.05) is 34.6 Å². The Bertz CT molecular complexity index is 1290. The maximum atomic E-state index is 10.8. The topological polar surface area (TPSA) is 317 Å². The number of nitrogens with zero attached hydrogens (tertiary/aromatic N) is 4. The number of alkyl halides is 1. The van der Waals surface area contributed by atoms with Crippen molar-refractivity contribution in [3.05, 3.63) is 12.7 Å². The summed E-state index contributed by atoms with van der Waals surface area (Å²) in [6, 6.07) is -0.907. The molecule has 39 heavy (non-hydrogen) atoms. The van der Waals surface area contributed by atoms with Crippen LogP contribution in [-0.4, -0.2) is 124 Å². The first-order chi connectivity index (χ1) is 17.9. The molecule has 0 aromatic carbocycles. The Morgan fingerprint density at radius 3 is 2.31 bits per heavy atom. The molecule has 18 nitrogen and oxygen atoms in total. The number of hydrogen-bond donors (Lipinski definition) is 6. The number of carbonyl (C=O) groups is 1. The van der Waals surface area contributed by atoms with Crippen LogP contribution in [0.3, 0.4) is 0 Å². The maximum absolute atomic E-state index is 10.8. The maximum Gasteiger partial charge on any atom is 0.320 e. The molecule has 224 valence electrons. The van der Waals surface area contributed by atoms with E-state index in [2.05, 4.69) is 30.9 Å². The second-order valence-electron chi connectivity index (χ2n) is 7.90. The van der Waals surface area contributed by atoms with Crippen molar-refractivity contribution in [3.63, 3.8) is 0 Å². The van der Waals surface area contributed by atoms with E-state index in [-0.39, 0.29) is 27.8 Å². The number of halogens is 1. The number of fused-ring (bicyclic) bond motifs is 1. The molecule has 3 rings (SSSR count). The lowest BCUT2D eigenvalue weighted by molar-refractivity contribution is -0.138. The summed E-state index contributed by atoms with van der Waals surface area (Å²) >= 11 is 2.85. The summed E-state index contributed by atoms with van der Waals surface area (Å²) in [6.45, 7) is 0. The zero-order valence-electron chi connectivity index (χ0n) is 20.2. The van der Waals surface area contributed by atoms with E-state index in [0.717, 1.165) is 0 Å². The summed E-state index contributed by atoms with van der Waals surface area (Å²) < 4.78 is 69.0. The molecule has 0 amide bonds. The van der Waals surface area contributed by atoms with Crippen LogP contribution in [0.2, 0.25) is 0 Å². The molecule has 0 saturated carbocycles. The zero-order chi connectivity index (χ0) is 30.1. The lowest BCUT2D eigenvalue weighted by Gasteiger charge is -2.16. The third-order valence-electron chi connectivity index (χ3n) is 4.88. The van der Waals surface area contributed by atoms with E-state index in [1.807, 2.05) is 6.26 Å². The van der Waals surface area contributed by atoms with Crippen molar-refractivity contribution in [3.8, 4) is 0 Å². The molecule has 0 bridgehead atoms. The summed E-state index contributed by atoms with van der Waals surface area (Å²) in [7, 11) is -9.12. The van der Waals surface area contributed by atoms with Crippen LogP contribution in [0.25, 0.3) is 11.2 Å². The molecular weight excluding hydrogens is 656 g/mol. The van der Waals surface area contributed by atoms with Crippen molar-refractivity contribution in [2.24, 2.45) is 5.73 Å². The number of carboxylic acid groups (broad SMARTS) is 1. The van der Waals surface area contributed by atoms with E-state index in [1.54, 1.807) is 0 Å². The lowest BCUT2D eigenvalue weighted by atomic mass is 10.1. The molecule has 1 aliphatic rings. The average molecular weight is 685 g/mol. The smallest absolute Gasteiger partial charge is 0.320 e. The van der Waals surface area contributed by atoms with Gasteiger partial charge in [0.25, 0.3) is 10.1 Å². The Labute approximate surface area is 234 Å². The highest BCUT2D eigenvalue weighted by molar-refractivity contribution is 9.09. The third kappa shape index (κ3) is 12.5. The minimum Gasteiger partial charge on any atom is -0.759 e. The van der Waals surface area contributed by atoms with Crippen molar-refractivity contribution in [2.45, 2.75) is 37.0 Å². The highest BCUT2D eigenvalue weighted by Crippen LogP contribution is 2.32. The number of ether oxygens (including phenoxy) is 1. The molecule has 3 heterocycles. The highest BCUT2D eigenvalue weighted by Gasteiger charge is 2.46. The fourth-order valence-corrected chi connectivity index (χ4v) is 6.15. The number of rotatable bonds is 9. The zero-order valence-corrected chi connectivity index (χ0v) is 24.2. The van der Waals surface area contributed by atoms with Crippen LogP contribution < -0.4 is 11.5 Å². The Morgan fingerprint density at radius 1 is 1.23 bits per heavy atom. The highest BCUT2D eigenvalue weighted by atomic mass is 79.9. The van der Waals surface area contributed by atoms with Crippen molar-refractivity contribution < 1.29 is 55.3 Å². The van der Waals surface area contributed by atoms with E-state index in [0.29, 0.717) is 29.1 Å². The number of aliphatic carboxylic acids is 1. The van der Waals surface area contributed by atoms with Gasteiger partial charge in [-0.2, -0.15) is 8.42 Å². The number of aliphatic hydroxyl groups excluding tert-OH is 2. The second-order valence-corrected chi connectivity index (χ2v) is 13.4. The molecule has 2 aromatic heterocycles. The number of imidazole rings is 1. The molecule has 1 fully saturated rings. The average Bonchev–Trinajstić information content (AvgIpc) is 3.33. The quantitative estimate of drug-likeness (QED) is 0.0663. The molecule has 0 aliphatic carbocycles. The number of aromatic nitrogens is 4. The standard InChI is InChI=1S/C15H22N6O5S.C2H5BrO3S.H2O4S/c1-27(3-2-7(16)15(24)25)4-8-10(22)11(23)14(26-8)21-6-20-9-12(17)18-5-19-13(9)21;3-1-2-7(4,5)6;1-5(2,3)4/h5-8,10-11,14,22-23H,2-4,16H2,1H3,(H2-,17,18,19,24,25);1-2H2,(H,4,5,6);(H2,1,2,3,4)/p-1/t7-,8+,10+,11+,14+,27?;;/m0../s1. The first kappa shape index (κ1) is 35.3. The summed E-state index contributed by atoms with van der Waals surface area (Å²) in [4.78, 5) is 23.0. The second kappa shape index (κ2) is 15.3. The fourth-order valence-electron chi connectivity index (χ4n) is 3.07. The molecule has 1 saturated heterocycles. The minimum atomic E-state index is -5.17. The number of nitrogens with two attached hydrogens (primary N) is 2. The van der Waals surface area contributed by atoms with Crippen LogP contribution in [0.15, 0.2) is 12.7 Å². The lowest BCUT2D eigenvalue weighted by Crippen LogP contribution is -2.37. The van der Waals surface area contributed by atoms with E-state index >= 15 is 0 Å². The molecule has 6 atom stereocenters. The van der Waals surface area contributed by atoms with E-state index < -0.39 is 57.1 Å². The molecule has 22 heteroatoms. The number of carboxylic acids is 1. The van der Waals surface area contributed by atoms with E-state index in [1.165, 1.54) is 17.2 Å². The van der Waals surface area contributed by atoms with Crippen LogP contribution in [0.5, 0.6) is 0 Å². The Balaban J connectivity index is 0.000000531. The van der Waals surface area contributed by atoms with Gasteiger partial charge in [-0.1, -0.05) is 15.9 Å². The summed E-state index contributed by atoms with van der Waals surface area (Å²) in [6.07, 6.45) is 1.31. The van der Waals surface area contributed by atoms with Crippen molar-refractivity contribution >= 4 is 70.3 Å². The molecule has 1 aliphatic heterocycles. The first-order valence-electron chi connectivity index (χ1n) is 10.6. The molecule has 8 N–H and O–H groups in total. The monoisotopic (exact) mass is 683 g/mol. The van der Waals surface area contributed by atoms with Gasteiger partial charge in [-0.3, -0.25) is 22.3 Å². The van der Waals surface area contributed by atoms with Gasteiger partial charge in [-0.05, 0) is 10.9 Å². The van der Waals surface area contributed by atoms with Gasteiger partial charge in [0.15, 0.2) is 17.7 Å². The Hall–Kier alpha value is -1.73. The predicted octanol–water partition coefficient (Wildman–Crippen LogP) is -2.99. The molecule has 2 aromatic rings. The van der Waals surface area contributed by atoms with E-state index in [4.69, 9.17) is 43.4 Å². The van der Waals surface area contributed by atoms with Crippen LogP contribution in [0.4, 0.5) is 5.82 Å². The third-order valence-corrected chi connectivity index (χ3v) is 8.35. The SMILES string of the molecule is C[S+](CC[C@H](N)C(=O)O)C[C@H]1O[C@@H](n2cnc3c(N)ncnc32)[C@H](O)[C@@H]1O.O=S(=O)(O)CCBr.O=S(=O)([O-])[O-]. The van der Waals surface area contributed by atoms with Crippen molar-refractivity contribution in [1.82, 2.24) is 19.5 Å². The number of hydrogen-bond acceptors (Lipinski definition) is 15. The summed E-state index contributed by atoms with van der Waals surface area (Å²) in [5.41, 5.74) is 12.1. The van der Waals surface area contributed by atoms with Gasteiger partial charge in [0.1, 0.15) is 47.7 Å². The number of nitrogen functional groups attached to an aromatic ring is 1. The number of aliphatic hydroxyl groups is 2. The first-order valence-corrected chi connectivity index (χ1v) is 16.6. The van der Waals surface area contributed by atoms with Gasteiger partial charge in [0, 0.05) is 22.1 Å². The van der Waals surface area contributed by atoms with Gasteiger partial charge in [-0.15, -0.1) is 0 Å². The molecule has 0 spiro atoms. The molecular formula is C17H28BrN6O12S3-. The van der Waals surface area contributed by atoms with Gasteiger partial charge >= 0.3 is 5.97 Å². The van der Waals surface area contributed by atoms with Gasteiger partial charge in [0.2, 0.25) is 0 Å². The fraction of sp³-hybridized carbons (Fsp3) is 0.647. The van der Waals surface area contributed by atoms with Crippen LogP contribution >= 0.6 is 15.9 Å². The predicted molar refractivity (Wildman–Crippen MR) is 140 cm³/mol. The van der Waals surface area contributed by atoms with Gasteiger partial charge in [-0.25, -0.2) is 15.0 Å². The van der Waals surface area contributed by atoms with Crippen LogP contribution in [-0.2, 0) is 40.9 Å². The summed E-state index contributed by atoms with van der Waals surface area (Å²) in [5.74, 6) is 0.0391. The van der Waals surface area contributed by atoms with Crippen LogP contribution in [0, 0.1) is 0 Å².